The lowest BCUT2D eigenvalue weighted by Gasteiger charge is -2.10. The Morgan fingerprint density at radius 1 is 0.302 bits per heavy atom. The van der Waals surface area contributed by atoms with Crippen LogP contribution in [-0.4, -0.2) is 97.1 Å². The van der Waals surface area contributed by atoms with Crippen molar-refractivity contribution in [3.63, 3.8) is 0 Å². The Morgan fingerprint density at radius 2 is 0.556 bits per heavy atom. The van der Waals surface area contributed by atoms with E-state index in [0.29, 0.717) is 22.3 Å². The van der Waals surface area contributed by atoms with Crippen molar-refractivity contribution in [1.82, 2.24) is 0 Å². The van der Waals surface area contributed by atoms with E-state index in [1.807, 2.05) is 0 Å². The molecule has 0 unspecified atom stereocenters. The average molecular weight is 865 g/mol. The molecule has 6 rings (SSSR count). The molecular formula is C45H36O18. The molecule has 0 saturated heterocycles. The zero-order valence-electron chi connectivity index (χ0n) is 32.3. The lowest BCUT2D eigenvalue weighted by molar-refractivity contribution is 0.0682. The molecule has 0 aliphatic carbocycles. The Morgan fingerprint density at radius 3 is 0.825 bits per heavy atom. The quantitative estimate of drug-likeness (QED) is 0.0646. The van der Waals surface area contributed by atoms with E-state index in [-0.39, 0.29) is 86.8 Å². The van der Waals surface area contributed by atoms with Crippen LogP contribution in [0.5, 0.6) is 34.5 Å². The molecule has 0 saturated carbocycles. The summed E-state index contributed by atoms with van der Waals surface area (Å²) in [5.74, 6) is -9.69. The summed E-state index contributed by atoms with van der Waals surface area (Å²) in [6, 6.07) is 25.1. The molecule has 0 radical (unpaired) electrons. The molecule has 12 N–H and O–H groups in total. The Bertz CT molecular complexity index is 2600. The summed E-state index contributed by atoms with van der Waals surface area (Å²) in [4.78, 5) is 65.7. The first kappa shape index (κ1) is 46.6. The summed E-state index contributed by atoms with van der Waals surface area (Å²) >= 11 is 0. The summed E-state index contributed by atoms with van der Waals surface area (Å²) in [6.45, 7) is 0. The van der Waals surface area contributed by atoms with Gasteiger partial charge in [0.05, 0.1) is 0 Å². The van der Waals surface area contributed by atoms with Crippen LogP contribution in [0.2, 0.25) is 0 Å². The molecule has 18 heteroatoms. The summed E-state index contributed by atoms with van der Waals surface area (Å²) in [6.07, 6.45) is 0.439. The monoisotopic (exact) mass is 864 g/mol. The van der Waals surface area contributed by atoms with E-state index < -0.39 is 47.3 Å². The molecule has 0 heterocycles. The van der Waals surface area contributed by atoms with Gasteiger partial charge in [-0.05, 0) is 94.4 Å². The lowest BCUT2D eigenvalue weighted by atomic mass is 9.99. The van der Waals surface area contributed by atoms with Crippen LogP contribution in [-0.2, 0) is 19.3 Å². The van der Waals surface area contributed by atoms with Crippen LogP contribution in [0.4, 0.5) is 0 Å². The standard InChI is InChI=1S/3C15H12O6/c16-12-3-1-8(6-10(12)14(18)19)5-9-2-4-13(17)11(7-9)15(20)21;16-12-8(3-1-5-10(12)14(18)19)7-9-4-2-6-11(13(9)17)15(20)21;16-12-5-4-8(7-11(12)15(20)21)6-9-2-1-3-10(13(9)17)14(18)19/h1-4,6-7,16-17H,5H2,(H,18,19)(H,20,21);1-6,16-17H,7H2,(H,18,19)(H,20,21);1-5,7,16-17H,6H2,(H,18,19)(H,20,21). The van der Waals surface area contributed by atoms with E-state index in [4.69, 9.17) is 30.6 Å². The number of carbonyl (C=O) groups is 6. The zero-order valence-corrected chi connectivity index (χ0v) is 32.3. The predicted octanol–water partition coefficient (Wildman–Crippen LogP) is 6.26. The van der Waals surface area contributed by atoms with E-state index >= 15 is 0 Å². The minimum absolute atomic E-state index is 0.0138. The maximum absolute atomic E-state index is 10.9. The highest BCUT2D eigenvalue weighted by Gasteiger charge is 2.19. The minimum Gasteiger partial charge on any atom is -0.507 e. The number of hydrogen-bond donors (Lipinski definition) is 12. The number of phenols is 6. The van der Waals surface area contributed by atoms with Crippen LogP contribution in [0.25, 0.3) is 0 Å². The second-order valence-corrected chi connectivity index (χ2v) is 13.4. The lowest BCUT2D eigenvalue weighted by Crippen LogP contribution is -2.01. The van der Waals surface area contributed by atoms with Gasteiger partial charge in [0.15, 0.2) is 0 Å². The van der Waals surface area contributed by atoms with Gasteiger partial charge in [-0.25, -0.2) is 28.8 Å². The first-order chi connectivity index (χ1) is 29.7. The Hall–Kier alpha value is -9.06. The van der Waals surface area contributed by atoms with E-state index in [2.05, 4.69) is 0 Å². The third kappa shape index (κ3) is 11.8. The van der Waals surface area contributed by atoms with E-state index in [1.54, 1.807) is 18.2 Å². The molecule has 324 valence electrons. The highest BCUT2D eigenvalue weighted by molar-refractivity contribution is 5.94. The second-order valence-electron chi connectivity index (χ2n) is 13.4. The van der Waals surface area contributed by atoms with Crippen molar-refractivity contribution in [2.75, 3.05) is 0 Å². The number of hydrogen-bond acceptors (Lipinski definition) is 12. The maximum atomic E-state index is 10.9. The van der Waals surface area contributed by atoms with Gasteiger partial charge in [0.25, 0.3) is 0 Å². The highest BCUT2D eigenvalue weighted by atomic mass is 16.4. The molecule has 0 fully saturated rings. The first-order valence-corrected chi connectivity index (χ1v) is 18.0. The molecule has 6 aromatic carbocycles. The number of aromatic hydroxyl groups is 6. The second kappa shape index (κ2) is 20.3. The summed E-state index contributed by atoms with van der Waals surface area (Å²) in [5.41, 5.74) is 1.27. The number of aromatic carboxylic acids is 6. The van der Waals surface area contributed by atoms with Gasteiger partial charge < -0.3 is 61.3 Å². The maximum Gasteiger partial charge on any atom is 0.339 e. The molecule has 18 nitrogen and oxygen atoms in total. The van der Waals surface area contributed by atoms with E-state index in [0.717, 1.165) is 0 Å². The van der Waals surface area contributed by atoms with Crippen molar-refractivity contribution in [3.8, 4) is 34.5 Å². The van der Waals surface area contributed by atoms with Gasteiger partial charge in [-0.15, -0.1) is 0 Å². The molecule has 6 aromatic rings. The van der Waals surface area contributed by atoms with Crippen molar-refractivity contribution >= 4 is 35.8 Å². The predicted molar refractivity (Wildman–Crippen MR) is 219 cm³/mol. The van der Waals surface area contributed by atoms with Crippen LogP contribution in [0.1, 0.15) is 95.5 Å². The van der Waals surface area contributed by atoms with Gasteiger partial charge in [0.2, 0.25) is 0 Å². The van der Waals surface area contributed by atoms with Crippen molar-refractivity contribution in [1.29, 1.82) is 0 Å². The van der Waals surface area contributed by atoms with Crippen LogP contribution >= 0.6 is 0 Å². The van der Waals surface area contributed by atoms with Gasteiger partial charge in [-0.2, -0.15) is 0 Å². The fraction of sp³-hybridized carbons (Fsp3) is 0.0667. The van der Waals surface area contributed by atoms with Crippen LogP contribution in [0.3, 0.4) is 0 Å². The topological polar surface area (TPSA) is 345 Å². The van der Waals surface area contributed by atoms with Gasteiger partial charge in [-0.1, -0.05) is 54.6 Å². The summed E-state index contributed by atoms with van der Waals surface area (Å²) in [7, 11) is 0. The molecule has 0 spiro atoms. The number of carboxylic acids is 6. The Kier molecular flexibility index (Phi) is 15.0. The third-order valence-electron chi connectivity index (χ3n) is 9.11. The molecule has 0 aromatic heterocycles. The number of carboxylic acid groups (broad SMARTS) is 6. The van der Waals surface area contributed by atoms with Crippen LogP contribution < -0.4 is 0 Å². The smallest absolute Gasteiger partial charge is 0.339 e. The van der Waals surface area contributed by atoms with Gasteiger partial charge in [-0.3, -0.25) is 0 Å². The summed E-state index contributed by atoms with van der Waals surface area (Å²) in [5, 5.41) is 112. The number of rotatable bonds is 12. The van der Waals surface area contributed by atoms with Crippen LogP contribution in [0, 0.1) is 0 Å². The van der Waals surface area contributed by atoms with Gasteiger partial charge in [0.1, 0.15) is 67.9 Å². The molecule has 63 heavy (non-hydrogen) atoms. The van der Waals surface area contributed by atoms with Crippen LogP contribution in [0.15, 0.2) is 109 Å². The normalized spacial score (nSPS) is 10.3. The molecule has 0 atom stereocenters. The van der Waals surface area contributed by atoms with Gasteiger partial charge in [0, 0.05) is 12.8 Å². The van der Waals surface area contributed by atoms with E-state index in [1.165, 1.54) is 91.0 Å². The molecule has 0 aliphatic rings. The minimum atomic E-state index is -1.27. The third-order valence-corrected chi connectivity index (χ3v) is 9.11. The van der Waals surface area contributed by atoms with Crippen molar-refractivity contribution in [2.45, 2.75) is 19.3 Å². The van der Waals surface area contributed by atoms with Crippen molar-refractivity contribution in [3.05, 3.63) is 176 Å². The highest BCUT2D eigenvalue weighted by Crippen LogP contribution is 2.31. The zero-order chi connectivity index (χ0) is 46.7. The fourth-order valence-corrected chi connectivity index (χ4v) is 5.97. The molecular weight excluding hydrogens is 828 g/mol. The first-order valence-electron chi connectivity index (χ1n) is 18.0. The average Bonchev–Trinajstić information content (AvgIpc) is 3.22. The molecule has 0 bridgehead atoms. The number of benzene rings is 6. The fourth-order valence-electron chi connectivity index (χ4n) is 5.97. The Labute approximate surface area is 355 Å². The molecule has 0 amide bonds. The summed E-state index contributed by atoms with van der Waals surface area (Å²) < 4.78 is 0. The largest absolute Gasteiger partial charge is 0.507 e. The Balaban J connectivity index is 0.000000207. The van der Waals surface area contributed by atoms with Crippen molar-refractivity contribution < 1.29 is 90.0 Å². The molecule has 0 aliphatic heterocycles. The van der Waals surface area contributed by atoms with Gasteiger partial charge >= 0.3 is 35.8 Å². The SMILES string of the molecule is O=C(O)c1cc(Cc2ccc(O)c(C(=O)O)c2)ccc1O.O=C(O)c1cc(Cc2cccc(C(=O)O)c2O)ccc1O.O=C(O)c1cccc(Cc2cccc(C(=O)O)c2O)c1O. The van der Waals surface area contributed by atoms with E-state index in [9.17, 15) is 59.4 Å². The van der Waals surface area contributed by atoms with Crippen molar-refractivity contribution in [2.24, 2.45) is 0 Å². The number of para-hydroxylation sites is 3.